The van der Waals surface area contributed by atoms with E-state index in [2.05, 4.69) is 22.2 Å². The highest BCUT2D eigenvalue weighted by molar-refractivity contribution is 6.31. The van der Waals surface area contributed by atoms with Gasteiger partial charge in [-0.1, -0.05) is 23.2 Å². The summed E-state index contributed by atoms with van der Waals surface area (Å²) in [5.74, 6) is -0.0184. The molecule has 1 unspecified atom stereocenters. The Labute approximate surface area is 185 Å². The van der Waals surface area contributed by atoms with Crippen LogP contribution in [0.5, 0.6) is 5.75 Å². The van der Waals surface area contributed by atoms with Crippen molar-refractivity contribution < 1.29 is 14.5 Å². The summed E-state index contributed by atoms with van der Waals surface area (Å²) >= 11 is 12.2. The van der Waals surface area contributed by atoms with Crippen molar-refractivity contribution in [2.45, 2.75) is 12.5 Å². The third-order valence-corrected chi connectivity index (χ3v) is 5.72. The molecule has 1 aliphatic carbocycles. The Hall–Kier alpha value is -2.13. The molecule has 30 heavy (non-hydrogen) atoms. The third kappa shape index (κ3) is 5.95. The second kappa shape index (κ2) is 10.3. The summed E-state index contributed by atoms with van der Waals surface area (Å²) in [7, 11) is 2.10. The second-order valence-electron chi connectivity index (χ2n) is 7.32. The summed E-state index contributed by atoms with van der Waals surface area (Å²) in [5, 5.41) is 14.2. The van der Waals surface area contributed by atoms with E-state index in [1.165, 1.54) is 18.2 Å². The van der Waals surface area contributed by atoms with E-state index < -0.39 is 16.9 Å². The van der Waals surface area contributed by atoms with Crippen LogP contribution in [0.25, 0.3) is 0 Å². The SMILES string of the molecule is CN1CCN(CCOc2ccc(Cl)cc2C(=O)NC2=C(Cl)CC([N+](=O)[O-])C=C2)CC1. The Morgan fingerprint density at radius 2 is 2.03 bits per heavy atom. The van der Waals surface area contributed by atoms with E-state index in [0.717, 1.165) is 32.7 Å². The monoisotopic (exact) mass is 454 g/mol. The van der Waals surface area contributed by atoms with Crippen LogP contribution in [0.2, 0.25) is 5.02 Å². The lowest BCUT2D eigenvalue weighted by Crippen LogP contribution is -2.45. The van der Waals surface area contributed by atoms with Gasteiger partial charge in [0.2, 0.25) is 6.04 Å². The molecule has 1 amide bonds. The number of hydrogen-bond acceptors (Lipinski definition) is 6. The summed E-state index contributed by atoms with van der Waals surface area (Å²) in [6, 6.07) is 3.97. The lowest BCUT2D eigenvalue weighted by molar-refractivity contribution is -0.508. The van der Waals surface area contributed by atoms with E-state index >= 15 is 0 Å². The molecule has 1 aromatic carbocycles. The average Bonchev–Trinajstić information content (AvgIpc) is 2.71. The van der Waals surface area contributed by atoms with Crippen LogP contribution in [-0.2, 0) is 0 Å². The zero-order valence-electron chi connectivity index (χ0n) is 16.6. The molecule has 2 aliphatic rings. The number of allylic oxidation sites excluding steroid dienone is 1. The van der Waals surface area contributed by atoms with Crippen LogP contribution >= 0.6 is 23.2 Å². The van der Waals surface area contributed by atoms with Gasteiger partial charge in [-0.3, -0.25) is 19.8 Å². The first kappa shape index (κ1) is 22.6. The van der Waals surface area contributed by atoms with Gasteiger partial charge >= 0.3 is 0 Å². The molecule has 0 saturated carbocycles. The number of likely N-dealkylation sites (N-methyl/N-ethyl adjacent to an activating group) is 1. The van der Waals surface area contributed by atoms with E-state index in [4.69, 9.17) is 27.9 Å². The van der Waals surface area contributed by atoms with Crippen molar-refractivity contribution in [3.05, 3.63) is 61.8 Å². The number of rotatable bonds is 7. The first-order chi connectivity index (χ1) is 14.3. The van der Waals surface area contributed by atoms with Crippen LogP contribution in [0.15, 0.2) is 41.1 Å². The summed E-state index contributed by atoms with van der Waals surface area (Å²) in [4.78, 5) is 27.9. The van der Waals surface area contributed by atoms with Gasteiger partial charge in [-0.25, -0.2) is 0 Å². The Morgan fingerprint density at radius 3 is 2.70 bits per heavy atom. The molecule has 10 heteroatoms. The van der Waals surface area contributed by atoms with Gasteiger partial charge in [0.25, 0.3) is 5.91 Å². The summed E-state index contributed by atoms with van der Waals surface area (Å²) < 4.78 is 5.88. The van der Waals surface area contributed by atoms with Gasteiger partial charge in [-0.15, -0.1) is 0 Å². The number of nitro groups is 1. The van der Waals surface area contributed by atoms with Crippen LogP contribution in [-0.4, -0.2) is 73.1 Å². The van der Waals surface area contributed by atoms with Crippen LogP contribution in [0, 0.1) is 10.1 Å². The number of halogens is 2. The number of nitrogens with one attached hydrogen (secondary N) is 1. The summed E-state index contributed by atoms with van der Waals surface area (Å²) in [5.41, 5.74) is 0.616. The van der Waals surface area contributed by atoms with E-state index in [1.807, 2.05) is 0 Å². The smallest absolute Gasteiger partial charge is 0.259 e. The Balaban J connectivity index is 1.63. The van der Waals surface area contributed by atoms with Crippen molar-refractivity contribution in [1.82, 2.24) is 15.1 Å². The van der Waals surface area contributed by atoms with E-state index in [0.29, 0.717) is 23.1 Å². The molecule has 162 valence electrons. The largest absolute Gasteiger partial charge is 0.491 e. The van der Waals surface area contributed by atoms with Crippen LogP contribution < -0.4 is 10.1 Å². The molecule has 1 atom stereocenters. The van der Waals surface area contributed by atoms with Gasteiger partial charge < -0.3 is 15.0 Å². The second-order valence-corrected chi connectivity index (χ2v) is 8.22. The molecule has 0 spiro atoms. The fourth-order valence-electron chi connectivity index (χ4n) is 3.26. The van der Waals surface area contributed by atoms with Crippen LogP contribution in [0.1, 0.15) is 16.8 Å². The molecule has 1 heterocycles. The predicted molar refractivity (Wildman–Crippen MR) is 116 cm³/mol. The van der Waals surface area contributed by atoms with Gasteiger partial charge in [0.1, 0.15) is 12.4 Å². The molecule has 8 nitrogen and oxygen atoms in total. The maximum Gasteiger partial charge on any atom is 0.259 e. The maximum absolute atomic E-state index is 12.8. The van der Waals surface area contributed by atoms with Crippen molar-refractivity contribution in [3.63, 3.8) is 0 Å². The zero-order chi connectivity index (χ0) is 21.7. The molecule has 0 radical (unpaired) electrons. The molecule has 1 aliphatic heterocycles. The highest BCUT2D eigenvalue weighted by atomic mass is 35.5. The summed E-state index contributed by atoms with van der Waals surface area (Å²) in [6.07, 6.45) is 2.90. The van der Waals surface area contributed by atoms with Crippen molar-refractivity contribution in [2.75, 3.05) is 46.4 Å². The maximum atomic E-state index is 12.8. The molecular weight excluding hydrogens is 431 g/mol. The van der Waals surface area contributed by atoms with Gasteiger partial charge in [0, 0.05) is 47.7 Å². The Kier molecular flexibility index (Phi) is 7.71. The Morgan fingerprint density at radius 1 is 1.30 bits per heavy atom. The van der Waals surface area contributed by atoms with Crippen LogP contribution in [0.3, 0.4) is 0 Å². The first-order valence-electron chi connectivity index (χ1n) is 9.68. The molecule has 3 rings (SSSR count). The number of hydrogen-bond donors (Lipinski definition) is 1. The number of carbonyl (C=O) groups excluding carboxylic acids is 1. The van der Waals surface area contributed by atoms with Gasteiger partial charge in [-0.2, -0.15) is 0 Å². The topological polar surface area (TPSA) is 88.0 Å². The molecular formula is C20H24Cl2N4O4. The number of amides is 1. The van der Waals surface area contributed by atoms with Gasteiger partial charge in [-0.05, 0) is 37.4 Å². The first-order valence-corrected chi connectivity index (χ1v) is 10.4. The minimum absolute atomic E-state index is 0.0323. The summed E-state index contributed by atoms with van der Waals surface area (Å²) in [6.45, 7) is 5.22. The fraction of sp³-hybridized carbons (Fsp3) is 0.450. The Bertz CT molecular complexity index is 866. The molecule has 1 aromatic rings. The van der Waals surface area contributed by atoms with Gasteiger partial charge in [0.15, 0.2) is 0 Å². The van der Waals surface area contributed by atoms with Gasteiger partial charge in [0.05, 0.1) is 17.7 Å². The van der Waals surface area contributed by atoms with Crippen molar-refractivity contribution in [3.8, 4) is 5.75 Å². The molecule has 0 bridgehead atoms. The predicted octanol–water partition coefficient (Wildman–Crippen LogP) is 2.75. The zero-order valence-corrected chi connectivity index (χ0v) is 18.2. The molecule has 1 N–H and O–H groups in total. The van der Waals surface area contributed by atoms with Crippen molar-refractivity contribution in [2.24, 2.45) is 0 Å². The third-order valence-electron chi connectivity index (χ3n) is 5.13. The normalized spacial score (nSPS) is 20.3. The van der Waals surface area contributed by atoms with Crippen molar-refractivity contribution in [1.29, 1.82) is 0 Å². The minimum atomic E-state index is -0.891. The van der Waals surface area contributed by atoms with E-state index in [9.17, 15) is 14.9 Å². The van der Waals surface area contributed by atoms with Crippen LogP contribution in [0.4, 0.5) is 0 Å². The molecule has 0 aromatic heterocycles. The fourth-order valence-corrected chi connectivity index (χ4v) is 3.71. The van der Waals surface area contributed by atoms with Crippen molar-refractivity contribution >= 4 is 29.1 Å². The van der Waals surface area contributed by atoms with E-state index in [1.54, 1.807) is 12.1 Å². The minimum Gasteiger partial charge on any atom is -0.491 e. The standard InChI is InChI=1S/C20H24Cl2N4O4/c1-24-6-8-25(9-7-24)10-11-30-19-5-2-14(21)12-16(19)20(27)23-18-4-3-15(26(28)29)13-17(18)22/h2-5,12,15H,6-11,13H2,1H3,(H,23,27). The average molecular weight is 455 g/mol. The van der Waals surface area contributed by atoms with E-state index in [-0.39, 0.29) is 17.0 Å². The molecule has 1 fully saturated rings. The lowest BCUT2D eigenvalue weighted by atomic mass is 10.1. The molecule has 1 saturated heterocycles. The number of nitrogens with zero attached hydrogens (tertiary/aromatic N) is 3. The number of piperazine rings is 1. The quantitative estimate of drug-likeness (QED) is 0.503. The number of benzene rings is 1. The lowest BCUT2D eigenvalue weighted by Gasteiger charge is -2.32. The number of ether oxygens (including phenoxy) is 1. The highest BCUT2D eigenvalue weighted by Crippen LogP contribution is 2.26. The number of carbonyl (C=O) groups is 1. The highest BCUT2D eigenvalue weighted by Gasteiger charge is 2.25.